The van der Waals surface area contributed by atoms with Gasteiger partial charge in [-0.3, -0.25) is 0 Å². The van der Waals surface area contributed by atoms with Gasteiger partial charge in [-0.1, -0.05) is 0 Å². The van der Waals surface area contributed by atoms with Gasteiger partial charge in [-0.05, 0) is 0 Å². The van der Waals surface area contributed by atoms with E-state index in [4.69, 9.17) is 10.8 Å². The smallest absolute Gasteiger partial charge is 0.265 e. The fraction of sp³-hybridized carbons (Fsp3) is 0.286. The summed E-state index contributed by atoms with van der Waals surface area (Å²) in [6, 6.07) is 0. The van der Waals surface area contributed by atoms with Gasteiger partial charge in [0.2, 0.25) is 0 Å². The third-order valence-corrected chi connectivity index (χ3v) is 1.59. The lowest BCUT2D eigenvalue weighted by molar-refractivity contribution is 0.149. The quantitative estimate of drug-likeness (QED) is 0.695. The van der Waals surface area contributed by atoms with Gasteiger partial charge in [-0.15, -0.1) is 0 Å². The minimum atomic E-state index is -2.82. The van der Waals surface area contributed by atoms with Crippen molar-refractivity contribution in [1.82, 2.24) is 4.98 Å². The van der Waals surface area contributed by atoms with E-state index in [0.29, 0.717) is 6.20 Å². The molecule has 1 rings (SSSR count). The van der Waals surface area contributed by atoms with Crippen LogP contribution in [0.3, 0.4) is 0 Å². The second-order valence-corrected chi connectivity index (χ2v) is 2.34. The molecular formula is C7H7F3N2O. The SMILES string of the molecule is NCc1c(C(F)F)cnc(F)c1O. The second kappa shape index (κ2) is 3.61. The molecule has 0 aliphatic carbocycles. The first-order chi connectivity index (χ1) is 6.07. The van der Waals surface area contributed by atoms with Crippen LogP contribution in [0.2, 0.25) is 0 Å². The normalized spacial score (nSPS) is 10.8. The summed E-state index contributed by atoms with van der Waals surface area (Å²) in [5.74, 6) is -2.09. The molecule has 0 aliphatic heterocycles. The van der Waals surface area contributed by atoms with E-state index in [-0.39, 0.29) is 12.1 Å². The molecule has 0 unspecified atom stereocenters. The molecule has 0 radical (unpaired) electrons. The Morgan fingerprint density at radius 3 is 2.62 bits per heavy atom. The summed E-state index contributed by atoms with van der Waals surface area (Å²) in [6.45, 7) is -0.356. The lowest BCUT2D eigenvalue weighted by Crippen LogP contribution is -2.05. The number of nitrogens with zero attached hydrogens (tertiary/aromatic N) is 1. The van der Waals surface area contributed by atoms with E-state index in [1.165, 1.54) is 0 Å². The molecule has 6 heteroatoms. The second-order valence-electron chi connectivity index (χ2n) is 2.34. The van der Waals surface area contributed by atoms with Crippen molar-refractivity contribution < 1.29 is 18.3 Å². The fourth-order valence-electron chi connectivity index (χ4n) is 0.929. The number of hydrogen-bond donors (Lipinski definition) is 2. The topological polar surface area (TPSA) is 59.1 Å². The Bertz CT molecular complexity index is 317. The molecule has 0 atom stereocenters. The molecule has 0 fully saturated rings. The molecule has 0 amide bonds. The van der Waals surface area contributed by atoms with Crippen molar-refractivity contribution >= 4 is 0 Å². The molecule has 1 heterocycles. The van der Waals surface area contributed by atoms with Crippen molar-refractivity contribution in [2.45, 2.75) is 13.0 Å². The first-order valence-corrected chi connectivity index (χ1v) is 3.42. The zero-order valence-electron chi connectivity index (χ0n) is 6.47. The van der Waals surface area contributed by atoms with Crippen LogP contribution in [0, 0.1) is 5.95 Å². The number of pyridine rings is 1. The van der Waals surface area contributed by atoms with Crippen molar-refractivity contribution in [3.8, 4) is 5.75 Å². The highest BCUT2D eigenvalue weighted by Crippen LogP contribution is 2.29. The van der Waals surface area contributed by atoms with Crippen molar-refractivity contribution in [2.24, 2.45) is 5.73 Å². The Kier molecular flexibility index (Phi) is 2.72. The van der Waals surface area contributed by atoms with Gasteiger partial charge in [0.15, 0.2) is 5.75 Å². The van der Waals surface area contributed by atoms with Crippen LogP contribution in [0.15, 0.2) is 6.20 Å². The minimum Gasteiger partial charge on any atom is -0.503 e. The van der Waals surface area contributed by atoms with Crippen LogP contribution in [0.5, 0.6) is 5.75 Å². The van der Waals surface area contributed by atoms with Crippen molar-refractivity contribution in [3.05, 3.63) is 23.3 Å². The summed E-state index contributed by atoms with van der Waals surface area (Å²) in [5.41, 5.74) is 4.23. The summed E-state index contributed by atoms with van der Waals surface area (Å²) >= 11 is 0. The first-order valence-electron chi connectivity index (χ1n) is 3.42. The maximum Gasteiger partial charge on any atom is 0.265 e. The number of rotatable bonds is 2. The zero-order chi connectivity index (χ0) is 10.0. The van der Waals surface area contributed by atoms with Gasteiger partial charge in [0.05, 0.1) is 0 Å². The van der Waals surface area contributed by atoms with E-state index < -0.39 is 23.7 Å². The molecule has 1 aromatic heterocycles. The third-order valence-electron chi connectivity index (χ3n) is 1.59. The van der Waals surface area contributed by atoms with E-state index >= 15 is 0 Å². The summed E-state index contributed by atoms with van der Waals surface area (Å²) < 4.78 is 36.9. The molecule has 0 aliphatic rings. The summed E-state index contributed by atoms with van der Waals surface area (Å²) in [5, 5.41) is 8.98. The minimum absolute atomic E-state index is 0.303. The number of nitrogens with two attached hydrogens (primary N) is 1. The van der Waals surface area contributed by atoms with Crippen LogP contribution in [-0.2, 0) is 6.54 Å². The molecule has 0 saturated carbocycles. The maximum atomic E-state index is 12.5. The van der Waals surface area contributed by atoms with E-state index in [2.05, 4.69) is 4.98 Å². The van der Waals surface area contributed by atoms with Crippen LogP contribution < -0.4 is 5.73 Å². The molecule has 0 aromatic carbocycles. The van der Waals surface area contributed by atoms with Gasteiger partial charge in [-0.2, -0.15) is 4.39 Å². The van der Waals surface area contributed by atoms with E-state index in [1.807, 2.05) is 0 Å². The van der Waals surface area contributed by atoms with Crippen LogP contribution in [0.25, 0.3) is 0 Å². The number of aromatic hydroxyl groups is 1. The third kappa shape index (κ3) is 1.72. The summed E-state index contributed by atoms with van der Waals surface area (Å²) in [6.07, 6.45) is -2.15. The van der Waals surface area contributed by atoms with Crippen LogP contribution in [0.1, 0.15) is 17.6 Å². The fourth-order valence-corrected chi connectivity index (χ4v) is 0.929. The van der Waals surface area contributed by atoms with Gasteiger partial charge in [0.1, 0.15) is 0 Å². The first kappa shape index (κ1) is 9.79. The molecule has 0 bridgehead atoms. The lowest BCUT2D eigenvalue weighted by Gasteiger charge is -2.07. The molecule has 3 N–H and O–H groups in total. The van der Waals surface area contributed by atoms with Gasteiger partial charge < -0.3 is 10.8 Å². The molecule has 0 spiro atoms. The predicted octanol–water partition coefficient (Wildman–Crippen LogP) is 1.32. The Hall–Kier alpha value is -1.30. The molecule has 1 aromatic rings. The zero-order valence-corrected chi connectivity index (χ0v) is 6.47. The van der Waals surface area contributed by atoms with Gasteiger partial charge in [0, 0.05) is 23.9 Å². The maximum absolute atomic E-state index is 12.5. The summed E-state index contributed by atoms with van der Waals surface area (Å²) in [7, 11) is 0. The van der Waals surface area contributed by atoms with Crippen molar-refractivity contribution in [1.29, 1.82) is 0 Å². The van der Waals surface area contributed by atoms with Crippen molar-refractivity contribution in [3.63, 3.8) is 0 Å². The van der Waals surface area contributed by atoms with Gasteiger partial charge in [0.25, 0.3) is 12.4 Å². The van der Waals surface area contributed by atoms with Crippen LogP contribution >= 0.6 is 0 Å². The van der Waals surface area contributed by atoms with Gasteiger partial charge in [-0.25, -0.2) is 13.8 Å². The Morgan fingerprint density at radius 1 is 1.54 bits per heavy atom. The number of halogens is 3. The van der Waals surface area contributed by atoms with E-state index in [1.54, 1.807) is 0 Å². The highest BCUT2D eigenvalue weighted by atomic mass is 19.3. The standard InChI is InChI=1S/C7H7F3N2O/c8-6(9)4-2-12-7(10)5(13)3(4)1-11/h2,6,13H,1,11H2. The predicted molar refractivity (Wildman–Crippen MR) is 38.7 cm³/mol. The molecule has 3 nitrogen and oxygen atoms in total. The summed E-state index contributed by atoms with van der Waals surface area (Å²) in [4.78, 5) is 2.96. The average molecular weight is 192 g/mol. The molecule has 13 heavy (non-hydrogen) atoms. The molecule has 72 valence electrons. The van der Waals surface area contributed by atoms with Crippen LogP contribution in [0.4, 0.5) is 13.2 Å². The van der Waals surface area contributed by atoms with E-state index in [0.717, 1.165) is 0 Å². The van der Waals surface area contributed by atoms with Crippen molar-refractivity contribution in [2.75, 3.05) is 0 Å². The monoisotopic (exact) mass is 192 g/mol. The largest absolute Gasteiger partial charge is 0.503 e. The lowest BCUT2D eigenvalue weighted by atomic mass is 10.1. The molecular weight excluding hydrogens is 185 g/mol. The Labute approximate surface area is 72.0 Å². The highest BCUT2D eigenvalue weighted by molar-refractivity contribution is 5.37. The van der Waals surface area contributed by atoms with Gasteiger partial charge >= 0.3 is 0 Å². The van der Waals surface area contributed by atoms with Crippen LogP contribution in [-0.4, -0.2) is 10.1 Å². The molecule has 0 saturated heterocycles. The van der Waals surface area contributed by atoms with E-state index in [9.17, 15) is 13.2 Å². The Morgan fingerprint density at radius 2 is 2.15 bits per heavy atom. The average Bonchev–Trinajstić information content (AvgIpc) is 2.09. The number of aromatic nitrogens is 1. The number of alkyl halides is 2. The Balaban J connectivity index is 3.30. The number of hydrogen-bond acceptors (Lipinski definition) is 3. The highest BCUT2D eigenvalue weighted by Gasteiger charge is 2.18.